The monoisotopic (exact) mass is 386 g/mol. The van der Waals surface area contributed by atoms with Gasteiger partial charge in [0.15, 0.2) is 6.61 Å². The van der Waals surface area contributed by atoms with Gasteiger partial charge in [0.25, 0.3) is 11.8 Å². The van der Waals surface area contributed by atoms with E-state index in [2.05, 4.69) is 5.32 Å². The van der Waals surface area contributed by atoms with Gasteiger partial charge < -0.3 is 18.8 Å². The number of carbonyl (C=O) groups excluding carboxylic acids is 3. The van der Waals surface area contributed by atoms with Crippen LogP contribution in [0.15, 0.2) is 42.6 Å². The molecule has 1 fully saturated rings. The van der Waals surface area contributed by atoms with Crippen LogP contribution in [0.25, 0.3) is 0 Å². The van der Waals surface area contributed by atoms with E-state index in [1.807, 2.05) is 0 Å². The first-order valence-electron chi connectivity index (χ1n) is 9.00. The van der Waals surface area contributed by atoms with E-state index in [4.69, 9.17) is 14.2 Å². The molecule has 8 heteroatoms. The minimum absolute atomic E-state index is 0.112. The fourth-order valence-electron chi connectivity index (χ4n) is 2.79. The van der Waals surface area contributed by atoms with Crippen molar-refractivity contribution in [1.29, 1.82) is 0 Å². The maximum absolute atomic E-state index is 12.0. The van der Waals surface area contributed by atoms with Gasteiger partial charge in [-0.25, -0.2) is 4.79 Å². The number of aryl methyl sites for hydroxylation is 1. The summed E-state index contributed by atoms with van der Waals surface area (Å²) < 4.78 is 17.6. The Morgan fingerprint density at radius 1 is 1.21 bits per heavy atom. The van der Waals surface area contributed by atoms with Crippen LogP contribution < -0.4 is 10.1 Å². The Morgan fingerprint density at radius 2 is 2.00 bits per heavy atom. The lowest BCUT2D eigenvalue weighted by Gasteiger charge is -2.11. The Labute approximate surface area is 162 Å². The van der Waals surface area contributed by atoms with Gasteiger partial charge >= 0.3 is 5.97 Å². The van der Waals surface area contributed by atoms with Crippen molar-refractivity contribution in [3.8, 4) is 5.75 Å². The summed E-state index contributed by atoms with van der Waals surface area (Å²) in [6, 6.07) is 9.69. The van der Waals surface area contributed by atoms with Crippen LogP contribution in [0.1, 0.15) is 33.7 Å². The Bertz CT molecular complexity index is 837. The molecule has 0 bridgehead atoms. The minimum Gasteiger partial charge on any atom is -0.491 e. The third-order valence-electron chi connectivity index (χ3n) is 4.31. The van der Waals surface area contributed by atoms with Crippen molar-refractivity contribution in [2.24, 2.45) is 7.05 Å². The van der Waals surface area contributed by atoms with E-state index in [9.17, 15) is 14.4 Å². The third-order valence-corrected chi connectivity index (χ3v) is 4.31. The van der Waals surface area contributed by atoms with E-state index in [0.29, 0.717) is 18.1 Å². The molecule has 1 aliphatic heterocycles. The number of carbonyl (C=O) groups is 3. The summed E-state index contributed by atoms with van der Waals surface area (Å²) >= 11 is 0. The fourth-order valence-corrected chi connectivity index (χ4v) is 2.79. The first kappa shape index (κ1) is 19.6. The first-order valence-corrected chi connectivity index (χ1v) is 9.00. The maximum atomic E-state index is 12.0. The van der Waals surface area contributed by atoms with Gasteiger partial charge in [-0.2, -0.15) is 0 Å². The zero-order chi connectivity index (χ0) is 19.9. The highest BCUT2D eigenvalue weighted by molar-refractivity contribution is 6.04. The Balaban J connectivity index is 1.43. The van der Waals surface area contributed by atoms with Crippen molar-refractivity contribution < 1.29 is 28.6 Å². The number of ether oxygens (including phenoxy) is 3. The van der Waals surface area contributed by atoms with Crippen LogP contribution >= 0.6 is 0 Å². The summed E-state index contributed by atoms with van der Waals surface area (Å²) in [4.78, 5) is 35.8. The van der Waals surface area contributed by atoms with E-state index in [1.54, 1.807) is 54.2 Å². The van der Waals surface area contributed by atoms with Crippen molar-refractivity contribution >= 4 is 17.8 Å². The van der Waals surface area contributed by atoms with Gasteiger partial charge in [-0.05, 0) is 49.2 Å². The third kappa shape index (κ3) is 5.20. The quantitative estimate of drug-likeness (QED) is 0.728. The van der Waals surface area contributed by atoms with Gasteiger partial charge in [0, 0.05) is 19.9 Å². The summed E-state index contributed by atoms with van der Waals surface area (Å²) in [7, 11) is 1.69. The average Bonchev–Trinajstić information content (AvgIpc) is 3.36. The second kappa shape index (κ2) is 9.18. The fraction of sp³-hybridized carbons (Fsp3) is 0.350. The van der Waals surface area contributed by atoms with Gasteiger partial charge in [0.2, 0.25) is 0 Å². The molecule has 1 aromatic carbocycles. The first-order chi connectivity index (χ1) is 13.5. The van der Waals surface area contributed by atoms with Crippen molar-refractivity contribution in [3.05, 3.63) is 53.9 Å². The molecule has 1 aliphatic rings. The van der Waals surface area contributed by atoms with Crippen molar-refractivity contribution in [3.63, 3.8) is 0 Å². The molecule has 28 heavy (non-hydrogen) atoms. The Morgan fingerprint density at radius 3 is 2.64 bits per heavy atom. The SMILES string of the molecule is Cn1cccc1C(=O)NC(=O)COC(=O)c1ccc(OC[C@@H]2CCCO2)cc1. The van der Waals surface area contributed by atoms with Gasteiger partial charge in [0.05, 0.1) is 11.7 Å². The van der Waals surface area contributed by atoms with Crippen LogP contribution in [-0.4, -0.2) is 48.3 Å². The number of nitrogens with one attached hydrogen (secondary N) is 1. The highest BCUT2D eigenvalue weighted by Gasteiger charge is 2.17. The summed E-state index contributed by atoms with van der Waals surface area (Å²) in [6.45, 7) is 0.689. The van der Waals surface area contributed by atoms with Crippen molar-refractivity contribution in [1.82, 2.24) is 9.88 Å². The van der Waals surface area contributed by atoms with Crippen LogP contribution in [-0.2, 0) is 21.3 Å². The van der Waals surface area contributed by atoms with Crippen LogP contribution in [0.3, 0.4) is 0 Å². The van der Waals surface area contributed by atoms with Crippen LogP contribution in [0.2, 0.25) is 0 Å². The number of benzene rings is 1. The highest BCUT2D eigenvalue weighted by atomic mass is 16.5. The summed E-state index contributed by atoms with van der Waals surface area (Å²) in [5, 5.41) is 2.17. The number of esters is 1. The van der Waals surface area contributed by atoms with Crippen LogP contribution in [0.4, 0.5) is 0 Å². The maximum Gasteiger partial charge on any atom is 0.338 e. The molecule has 8 nitrogen and oxygen atoms in total. The smallest absolute Gasteiger partial charge is 0.338 e. The summed E-state index contributed by atoms with van der Waals surface area (Å²) in [5.74, 6) is -1.29. The van der Waals surface area contributed by atoms with Crippen molar-refractivity contribution in [2.75, 3.05) is 19.8 Å². The zero-order valence-corrected chi connectivity index (χ0v) is 15.6. The minimum atomic E-state index is -0.698. The standard InChI is InChI=1S/C20H22N2O6/c1-22-10-2-5-17(22)19(24)21-18(23)13-28-20(25)14-6-8-15(9-7-14)27-12-16-4-3-11-26-16/h2,5-10,16H,3-4,11-13H2,1H3,(H,21,23,24)/t16-/m0/s1. The normalized spacial score (nSPS) is 15.8. The lowest BCUT2D eigenvalue weighted by Crippen LogP contribution is -2.35. The molecule has 148 valence electrons. The number of nitrogens with zero attached hydrogens (tertiary/aromatic N) is 1. The van der Waals surface area contributed by atoms with Gasteiger partial charge in [-0.1, -0.05) is 0 Å². The second-order valence-electron chi connectivity index (χ2n) is 6.43. The molecule has 2 aromatic rings. The molecular formula is C20H22N2O6. The molecule has 0 unspecified atom stereocenters. The van der Waals surface area contributed by atoms with E-state index in [0.717, 1.165) is 19.4 Å². The molecule has 0 saturated carbocycles. The molecule has 0 radical (unpaired) electrons. The molecule has 1 saturated heterocycles. The lowest BCUT2D eigenvalue weighted by atomic mass is 10.2. The number of aromatic nitrogens is 1. The molecule has 1 aromatic heterocycles. The Hall–Kier alpha value is -3.13. The van der Waals surface area contributed by atoms with Crippen LogP contribution in [0.5, 0.6) is 5.75 Å². The number of imide groups is 1. The van der Waals surface area contributed by atoms with E-state index in [1.165, 1.54) is 0 Å². The Kier molecular flexibility index (Phi) is 6.44. The lowest BCUT2D eigenvalue weighted by molar-refractivity contribution is -0.123. The van der Waals surface area contributed by atoms with Crippen LogP contribution in [0, 0.1) is 0 Å². The van der Waals surface area contributed by atoms with Gasteiger partial charge in [-0.15, -0.1) is 0 Å². The topological polar surface area (TPSA) is 95.9 Å². The number of hydrogen-bond donors (Lipinski definition) is 1. The largest absolute Gasteiger partial charge is 0.491 e. The number of amides is 2. The summed E-state index contributed by atoms with van der Waals surface area (Å²) in [5.41, 5.74) is 0.615. The zero-order valence-electron chi connectivity index (χ0n) is 15.6. The molecule has 1 atom stereocenters. The molecular weight excluding hydrogens is 364 g/mol. The molecule has 1 N–H and O–H groups in total. The molecule has 0 spiro atoms. The molecule has 2 amide bonds. The second-order valence-corrected chi connectivity index (χ2v) is 6.43. The molecule has 3 rings (SSSR count). The summed E-state index contributed by atoms with van der Waals surface area (Å²) in [6.07, 6.45) is 3.83. The average molecular weight is 386 g/mol. The van der Waals surface area contributed by atoms with E-state index >= 15 is 0 Å². The number of hydrogen-bond acceptors (Lipinski definition) is 6. The van der Waals surface area contributed by atoms with Gasteiger partial charge in [0.1, 0.15) is 18.1 Å². The predicted octanol–water partition coefficient (Wildman–Crippen LogP) is 1.70. The highest BCUT2D eigenvalue weighted by Crippen LogP contribution is 2.17. The predicted molar refractivity (Wildman–Crippen MR) is 99.1 cm³/mol. The number of rotatable bonds is 7. The molecule has 0 aliphatic carbocycles. The van der Waals surface area contributed by atoms with E-state index < -0.39 is 24.4 Å². The van der Waals surface area contributed by atoms with E-state index in [-0.39, 0.29) is 11.7 Å². The van der Waals surface area contributed by atoms with Gasteiger partial charge in [-0.3, -0.25) is 14.9 Å². The molecule has 2 heterocycles. The van der Waals surface area contributed by atoms with Crippen molar-refractivity contribution in [2.45, 2.75) is 18.9 Å².